The standard InChI is InChI=1S/C14H25N5/c1-2-4-13-11-14(18-12-17-13)16-5-3-8-19-9-6-15-7-10-19/h11-12,15H,2-10H2,1H3,(H,16,17,18). The molecule has 0 spiro atoms. The number of hydrogen-bond acceptors (Lipinski definition) is 5. The lowest BCUT2D eigenvalue weighted by molar-refractivity contribution is 0.240. The maximum atomic E-state index is 4.26. The van der Waals surface area contributed by atoms with Crippen LogP contribution in [0.15, 0.2) is 12.4 Å². The van der Waals surface area contributed by atoms with Crippen LogP contribution in [-0.4, -0.2) is 54.1 Å². The molecule has 2 N–H and O–H groups in total. The molecule has 0 amide bonds. The molecule has 2 heterocycles. The molecule has 0 bridgehead atoms. The van der Waals surface area contributed by atoms with Crippen LogP contribution in [-0.2, 0) is 6.42 Å². The van der Waals surface area contributed by atoms with Crippen LogP contribution < -0.4 is 10.6 Å². The molecule has 0 atom stereocenters. The zero-order chi connectivity index (χ0) is 13.3. The molecular weight excluding hydrogens is 238 g/mol. The molecule has 2 rings (SSSR count). The van der Waals surface area contributed by atoms with Gasteiger partial charge >= 0.3 is 0 Å². The van der Waals surface area contributed by atoms with Crippen LogP contribution in [0.5, 0.6) is 0 Å². The largest absolute Gasteiger partial charge is 0.370 e. The Morgan fingerprint density at radius 1 is 1.32 bits per heavy atom. The quantitative estimate of drug-likeness (QED) is 0.723. The highest BCUT2D eigenvalue weighted by Gasteiger charge is 2.08. The molecule has 106 valence electrons. The highest BCUT2D eigenvalue weighted by Crippen LogP contribution is 2.06. The summed E-state index contributed by atoms with van der Waals surface area (Å²) in [5.41, 5.74) is 1.13. The molecule has 1 saturated heterocycles. The molecule has 1 aliphatic heterocycles. The van der Waals surface area contributed by atoms with Gasteiger partial charge in [-0.25, -0.2) is 9.97 Å². The van der Waals surface area contributed by atoms with Crippen molar-refractivity contribution in [1.82, 2.24) is 20.2 Å². The Morgan fingerprint density at radius 3 is 2.95 bits per heavy atom. The Hall–Kier alpha value is -1.20. The van der Waals surface area contributed by atoms with Crippen molar-refractivity contribution in [3.63, 3.8) is 0 Å². The third-order valence-electron chi connectivity index (χ3n) is 3.40. The Balaban J connectivity index is 1.65. The van der Waals surface area contributed by atoms with Crippen LogP contribution in [0.1, 0.15) is 25.5 Å². The van der Waals surface area contributed by atoms with Crippen LogP contribution in [0, 0.1) is 0 Å². The van der Waals surface area contributed by atoms with Gasteiger partial charge in [0, 0.05) is 44.5 Å². The number of rotatable bonds is 7. The third kappa shape index (κ3) is 5.12. The Labute approximate surface area is 115 Å². The van der Waals surface area contributed by atoms with E-state index >= 15 is 0 Å². The minimum atomic E-state index is 0.957. The first kappa shape index (κ1) is 14.2. The summed E-state index contributed by atoms with van der Waals surface area (Å²) in [7, 11) is 0. The highest BCUT2D eigenvalue weighted by molar-refractivity contribution is 5.34. The van der Waals surface area contributed by atoms with Gasteiger partial charge in [-0.2, -0.15) is 0 Å². The summed E-state index contributed by atoms with van der Waals surface area (Å²) in [6.45, 7) is 8.92. The van der Waals surface area contributed by atoms with Gasteiger partial charge in [-0.3, -0.25) is 0 Å². The number of nitrogens with zero attached hydrogens (tertiary/aromatic N) is 3. The van der Waals surface area contributed by atoms with Gasteiger partial charge in [-0.15, -0.1) is 0 Å². The van der Waals surface area contributed by atoms with Crippen molar-refractivity contribution in [3.8, 4) is 0 Å². The summed E-state index contributed by atoms with van der Waals surface area (Å²) in [5, 5.41) is 6.76. The van der Waals surface area contributed by atoms with Crippen molar-refractivity contribution in [2.75, 3.05) is 44.6 Å². The highest BCUT2D eigenvalue weighted by atomic mass is 15.2. The van der Waals surface area contributed by atoms with Gasteiger partial charge in [0.2, 0.25) is 0 Å². The molecule has 1 aromatic heterocycles. The van der Waals surface area contributed by atoms with E-state index in [1.807, 2.05) is 0 Å². The maximum absolute atomic E-state index is 4.26. The Kier molecular flexibility index (Phi) is 6.04. The number of aryl methyl sites for hydroxylation is 1. The van der Waals surface area contributed by atoms with Crippen molar-refractivity contribution >= 4 is 5.82 Å². The van der Waals surface area contributed by atoms with E-state index < -0.39 is 0 Å². The molecule has 0 unspecified atom stereocenters. The lowest BCUT2D eigenvalue weighted by Gasteiger charge is -2.27. The molecule has 5 heteroatoms. The van der Waals surface area contributed by atoms with E-state index in [-0.39, 0.29) is 0 Å². The van der Waals surface area contributed by atoms with Gasteiger partial charge in [0.25, 0.3) is 0 Å². The molecular formula is C14H25N5. The van der Waals surface area contributed by atoms with E-state index in [0.717, 1.165) is 50.4 Å². The normalized spacial score (nSPS) is 16.5. The van der Waals surface area contributed by atoms with Gasteiger partial charge in [0.05, 0.1) is 0 Å². The topological polar surface area (TPSA) is 53.1 Å². The van der Waals surface area contributed by atoms with Gasteiger partial charge in [-0.05, 0) is 19.4 Å². The summed E-state index contributed by atoms with van der Waals surface area (Å²) >= 11 is 0. The Morgan fingerprint density at radius 2 is 2.16 bits per heavy atom. The van der Waals surface area contributed by atoms with Gasteiger partial charge in [0.1, 0.15) is 12.1 Å². The fourth-order valence-corrected chi connectivity index (χ4v) is 2.34. The molecule has 19 heavy (non-hydrogen) atoms. The van der Waals surface area contributed by atoms with E-state index in [1.54, 1.807) is 6.33 Å². The maximum Gasteiger partial charge on any atom is 0.129 e. The average molecular weight is 263 g/mol. The van der Waals surface area contributed by atoms with E-state index in [9.17, 15) is 0 Å². The zero-order valence-electron chi connectivity index (χ0n) is 11.9. The van der Waals surface area contributed by atoms with Crippen molar-refractivity contribution in [2.45, 2.75) is 26.2 Å². The van der Waals surface area contributed by atoms with Gasteiger partial charge < -0.3 is 15.5 Å². The first-order valence-electron chi connectivity index (χ1n) is 7.36. The second kappa shape index (κ2) is 8.07. The second-order valence-electron chi connectivity index (χ2n) is 5.02. The summed E-state index contributed by atoms with van der Waals surface area (Å²) in [4.78, 5) is 11.0. The van der Waals surface area contributed by atoms with E-state index in [4.69, 9.17) is 0 Å². The molecule has 5 nitrogen and oxygen atoms in total. The lowest BCUT2D eigenvalue weighted by atomic mass is 10.2. The van der Waals surface area contributed by atoms with Crippen molar-refractivity contribution < 1.29 is 0 Å². The summed E-state index contributed by atoms with van der Waals surface area (Å²) < 4.78 is 0. The monoisotopic (exact) mass is 263 g/mol. The van der Waals surface area contributed by atoms with E-state index in [0.29, 0.717) is 0 Å². The number of aromatic nitrogens is 2. The molecule has 0 radical (unpaired) electrons. The summed E-state index contributed by atoms with van der Waals surface area (Å²) in [6.07, 6.45) is 4.97. The first-order chi connectivity index (χ1) is 9.38. The van der Waals surface area contributed by atoms with Crippen LogP contribution in [0.4, 0.5) is 5.82 Å². The van der Waals surface area contributed by atoms with E-state index in [1.165, 1.54) is 19.6 Å². The smallest absolute Gasteiger partial charge is 0.129 e. The van der Waals surface area contributed by atoms with E-state index in [2.05, 4.69) is 38.5 Å². The third-order valence-corrected chi connectivity index (χ3v) is 3.40. The zero-order valence-corrected chi connectivity index (χ0v) is 11.9. The predicted octanol–water partition coefficient (Wildman–Crippen LogP) is 1.14. The average Bonchev–Trinajstić information content (AvgIpc) is 2.46. The summed E-state index contributed by atoms with van der Waals surface area (Å²) in [5.74, 6) is 0.957. The molecule has 1 fully saturated rings. The van der Waals surface area contributed by atoms with Crippen molar-refractivity contribution in [2.24, 2.45) is 0 Å². The van der Waals surface area contributed by atoms with Crippen LogP contribution in [0.25, 0.3) is 0 Å². The predicted molar refractivity (Wildman–Crippen MR) is 78.4 cm³/mol. The molecule has 0 saturated carbocycles. The number of piperazine rings is 1. The van der Waals surface area contributed by atoms with Crippen LogP contribution in [0.3, 0.4) is 0 Å². The first-order valence-corrected chi connectivity index (χ1v) is 7.36. The minimum absolute atomic E-state index is 0.957. The second-order valence-corrected chi connectivity index (χ2v) is 5.02. The van der Waals surface area contributed by atoms with Gasteiger partial charge in [-0.1, -0.05) is 13.3 Å². The fourth-order valence-electron chi connectivity index (χ4n) is 2.34. The number of anilines is 1. The molecule has 0 aliphatic carbocycles. The summed E-state index contributed by atoms with van der Waals surface area (Å²) in [6, 6.07) is 2.06. The van der Waals surface area contributed by atoms with Crippen molar-refractivity contribution in [1.29, 1.82) is 0 Å². The fraction of sp³-hybridized carbons (Fsp3) is 0.714. The van der Waals surface area contributed by atoms with Crippen molar-refractivity contribution in [3.05, 3.63) is 18.1 Å². The Bertz CT molecular complexity index is 363. The molecule has 0 aromatic carbocycles. The number of hydrogen-bond donors (Lipinski definition) is 2. The SMILES string of the molecule is CCCc1cc(NCCCN2CCNCC2)ncn1. The lowest BCUT2D eigenvalue weighted by Crippen LogP contribution is -2.44. The number of nitrogens with one attached hydrogen (secondary N) is 2. The molecule has 1 aliphatic rings. The minimum Gasteiger partial charge on any atom is -0.370 e. The van der Waals surface area contributed by atoms with Crippen LogP contribution in [0.2, 0.25) is 0 Å². The van der Waals surface area contributed by atoms with Crippen LogP contribution >= 0.6 is 0 Å². The molecule has 1 aromatic rings. The van der Waals surface area contributed by atoms with Gasteiger partial charge in [0.15, 0.2) is 0 Å².